The van der Waals surface area contributed by atoms with Crippen LogP contribution in [0.2, 0.25) is 0 Å². The molecule has 0 unspecified atom stereocenters. The number of oxazole rings is 1. The second kappa shape index (κ2) is 5.98. The molecule has 2 heterocycles. The van der Waals surface area contributed by atoms with Crippen molar-refractivity contribution in [1.82, 2.24) is 14.5 Å². The van der Waals surface area contributed by atoms with Crippen molar-refractivity contribution in [2.75, 3.05) is 0 Å². The zero-order chi connectivity index (χ0) is 17.4. The summed E-state index contributed by atoms with van der Waals surface area (Å²) in [5.41, 5.74) is 2.23. The fraction of sp³-hybridized carbons (Fsp3) is 0.105. The Morgan fingerprint density at radius 2 is 1.92 bits per heavy atom. The van der Waals surface area contributed by atoms with E-state index in [1.165, 1.54) is 23.0 Å². The van der Waals surface area contributed by atoms with Crippen LogP contribution >= 0.6 is 0 Å². The molecule has 0 saturated carbocycles. The second-order valence-electron chi connectivity index (χ2n) is 5.77. The van der Waals surface area contributed by atoms with E-state index in [0.717, 1.165) is 11.1 Å². The first-order valence-corrected chi connectivity index (χ1v) is 7.77. The molecule has 0 radical (unpaired) electrons. The number of aryl methyl sites for hydroxylation is 1. The lowest BCUT2D eigenvalue weighted by Gasteiger charge is -2.05. The van der Waals surface area contributed by atoms with E-state index in [4.69, 9.17) is 4.42 Å². The van der Waals surface area contributed by atoms with E-state index in [-0.39, 0.29) is 17.9 Å². The first kappa shape index (κ1) is 15.3. The van der Waals surface area contributed by atoms with Gasteiger partial charge in [-0.25, -0.2) is 14.4 Å². The first-order valence-electron chi connectivity index (χ1n) is 7.77. The highest BCUT2D eigenvalue weighted by Gasteiger charge is 2.10. The average molecular weight is 335 g/mol. The van der Waals surface area contributed by atoms with Gasteiger partial charge in [-0.05, 0) is 42.8 Å². The van der Waals surface area contributed by atoms with Crippen molar-refractivity contribution < 1.29 is 8.81 Å². The van der Waals surface area contributed by atoms with Gasteiger partial charge in [0.05, 0.1) is 23.4 Å². The number of halogens is 1. The first-order chi connectivity index (χ1) is 12.1. The van der Waals surface area contributed by atoms with Crippen molar-refractivity contribution in [3.05, 3.63) is 82.6 Å². The smallest absolute Gasteiger partial charge is 0.261 e. The predicted molar refractivity (Wildman–Crippen MR) is 91.7 cm³/mol. The van der Waals surface area contributed by atoms with Gasteiger partial charge in [0.2, 0.25) is 5.89 Å². The highest BCUT2D eigenvalue weighted by Crippen LogP contribution is 2.21. The number of hydrogen-bond acceptors (Lipinski definition) is 4. The Morgan fingerprint density at radius 1 is 1.12 bits per heavy atom. The maximum Gasteiger partial charge on any atom is 0.261 e. The SMILES string of the molecule is Cc1cccc2c(=O)n(Cc3ncc(-c4ccc(F)cc4)o3)cnc12. The lowest BCUT2D eigenvalue weighted by molar-refractivity contribution is 0.484. The van der Waals surface area contributed by atoms with Gasteiger partial charge >= 0.3 is 0 Å². The van der Waals surface area contributed by atoms with Crippen molar-refractivity contribution in [2.24, 2.45) is 0 Å². The van der Waals surface area contributed by atoms with E-state index in [1.807, 2.05) is 19.1 Å². The molecule has 124 valence electrons. The summed E-state index contributed by atoms with van der Waals surface area (Å²) in [6.07, 6.45) is 3.06. The minimum absolute atomic E-state index is 0.143. The minimum Gasteiger partial charge on any atom is -0.439 e. The summed E-state index contributed by atoms with van der Waals surface area (Å²) in [7, 11) is 0. The Labute approximate surface area is 142 Å². The van der Waals surface area contributed by atoms with E-state index in [1.54, 1.807) is 24.4 Å². The molecule has 4 rings (SSSR count). The van der Waals surface area contributed by atoms with Gasteiger partial charge < -0.3 is 4.42 Å². The van der Waals surface area contributed by atoms with Crippen molar-refractivity contribution in [1.29, 1.82) is 0 Å². The molecule has 0 fully saturated rings. The van der Waals surface area contributed by atoms with Crippen LogP contribution in [0.25, 0.3) is 22.2 Å². The van der Waals surface area contributed by atoms with Gasteiger partial charge in [-0.3, -0.25) is 9.36 Å². The molecule has 2 aromatic carbocycles. The molecule has 0 bridgehead atoms. The van der Waals surface area contributed by atoms with Gasteiger partial charge in [0.15, 0.2) is 5.76 Å². The summed E-state index contributed by atoms with van der Waals surface area (Å²) in [6.45, 7) is 2.10. The largest absolute Gasteiger partial charge is 0.439 e. The topological polar surface area (TPSA) is 60.9 Å². The molecule has 0 aliphatic carbocycles. The predicted octanol–water partition coefficient (Wildman–Crippen LogP) is 3.55. The standard InChI is InChI=1S/C19H14FN3O2/c1-12-3-2-4-15-18(12)22-11-23(19(15)24)10-17-21-9-16(25-17)13-5-7-14(20)8-6-13/h2-9,11H,10H2,1H3. The maximum absolute atomic E-state index is 13.0. The van der Waals surface area contributed by atoms with Crippen LogP contribution in [0.5, 0.6) is 0 Å². The molecule has 2 aromatic heterocycles. The van der Waals surface area contributed by atoms with Crippen LogP contribution in [-0.4, -0.2) is 14.5 Å². The Balaban J connectivity index is 1.67. The fourth-order valence-electron chi connectivity index (χ4n) is 2.73. The van der Waals surface area contributed by atoms with E-state index < -0.39 is 0 Å². The van der Waals surface area contributed by atoms with Gasteiger partial charge in [-0.1, -0.05) is 12.1 Å². The lowest BCUT2D eigenvalue weighted by Crippen LogP contribution is -2.21. The number of rotatable bonds is 3. The molecule has 5 nitrogen and oxygen atoms in total. The monoisotopic (exact) mass is 335 g/mol. The van der Waals surface area contributed by atoms with E-state index in [2.05, 4.69) is 9.97 Å². The molecule has 25 heavy (non-hydrogen) atoms. The van der Waals surface area contributed by atoms with E-state index >= 15 is 0 Å². The van der Waals surface area contributed by atoms with Gasteiger partial charge in [0, 0.05) is 5.56 Å². The third-order valence-corrected chi connectivity index (χ3v) is 4.04. The Morgan fingerprint density at radius 3 is 2.72 bits per heavy atom. The normalized spacial score (nSPS) is 11.1. The molecule has 0 N–H and O–H groups in total. The summed E-state index contributed by atoms with van der Waals surface area (Å²) in [4.78, 5) is 21.2. The molecule has 0 aliphatic heterocycles. The highest BCUT2D eigenvalue weighted by atomic mass is 19.1. The third-order valence-electron chi connectivity index (χ3n) is 4.04. The van der Waals surface area contributed by atoms with Crippen LogP contribution in [0, 0.1) is 12.7 Å². The van der Waals surface area contributed by atoms with Crippen molar-refractivity contribution in [2.45, 2.75) is 13.5 Å². The average Bonchev–Trinajstić information content (AvgIpc) is 3.07. The van der Waals surface area contributed by atoms with Gasteiger partial charge in [0.25, 0.3) is 5.56 Å². The molecule has 6 heteroatoms. The number of aromatic nitrogens is 3. The highest BCUT2D eigenvalue weighted by molar-refractivity contribution is 5.80. The zero-order valence-corrected chi connectivity index (χ0v) is 13.4. The van der Waals surface area contributed by atoms with Crippen LogP contribution in [0.3, 0.4) is 0 Å². The molecular formula is C19H14FN3O2. The summed E-state index contributed by atoms with van der Waals surface area (Å²) < 4.78 is 20.1. The van der Waals surface area contributed by atoms with Gasteiger partial charge in [-0.15, -0.1) is 0 Å². The van der Waals surface area contributed by atoms with Crippen LogP contribution < -0.4 is 5.56 Å². The van der Waals surface area contributed by atoms with Crippen molar-refractivity contribution in [3.63, 3.8) is 0 Å². The molecule has 0 amide bonds. The lowest BCUT2D eigenvalue weighted by atomic mass is 10.1. The van der Waals surface area contributed by atoms with Crippen molar-refractivity contribution >= 4 is 10.9 Å². The molecule has 0 spiro atoms. The number of benzene rings is 2. The summed E-state index contributed by atoms with van der Waals surface area (Å²) in [5.74, 6) is 0.593. The molecular weight excluding hydrogens is 321 g/mol. The molecule has 0 aliphatic rings. The van der Waals surface area contributed by atoms with E-state index in [9.17, 15) is 9.18 Å². The number of fused-ring (bicyclic) bond motifs is 1. The Kier molecular flexibility index (Phi) is 3.65. The summed E-state index contributed by atoms with van der Waals surface area (Å²) >= 11 is 0. The number of nitrogens with zero attached hydrogens (tertiary/aromatic N) is 3. The molecule has 0 saturated heterocycles. The summed E-state index contributed by atoms with van der Waals surface area (Å²) in [6, 6.07) is 11.5. The van der Waals surface area contributed by atoms with Crippen LogP contribution in [0.15, 0.2) is 64.2 Å². The minimum atomic E-state index is -0.312. The molecule has 4 aromatic rings. The number of para-hydroxylation sites is 1. The zero-order valence-electron chi connectivity index (χ0n) is 13.4. The molecule has 0 atom stereocenters. The Bertz CT molecular complexity index is 1110. The van der Waals surface area contributed by atoms with E-state index in [0.29, 0.717) is 22.6 Å². The maximum atomic E-state index is 13.0. The van der Waals surface area contributed by atoms with Crippen LogP contribution in [0.1, 0.15) is 11.5 Å². The van der Waals surface area contributed by atoms with Gasteiger partial charge in [-0.2, -0.15) is 0 Å². The fourth-order valence-corrected chi connectivity index (χ4v) is 2.73. The number of hydrogen-bond donors (Lipinski definition) is 0. The van der Waals surface area contributed by atoms with Crippen LogP contribution in [-0.2, 0) is 6.54 Å². The quantitative estimate of drug-likeness (QED) is 0.574. The Hall–Kier alpha value is -3.28. The second-order valence-corrected chi connectivity index (χ2v) is 5.77. The third kappa shape index (κ3) is 2.82. The van der Waals surface area contributed by atoms with Crippen LogP contribution in [0.4, 0.5) is 4.39 Å². The van der Waals surface area contributed by atoms with Crippen molar-refractivity contribution in [3.8, 4) is 11.3 Å². The summed E-state index contributed by atoms with van der Waals surface area (Å²) in [5, 5.41) is 0.563. The van der Waals surface area contributed by atoms with Gasteiger partial charge in [0.1, 0.15) is 12.4 Å².